The number of rotatable bonds is 3. The van der Waals surface area contributed by atoms with Gasteiger partial charge in [0.25, 0.3) is 0 Å². The zero-order valence-corrected chi connectivity index (χ0v) is 13.2. The maximum atomic E-state index is 11.9. The minimum absolute atomic E-state index is 0.342. The molecule has 0 radical (unpaired) electrons. The van der Waals surface area contributed by atoms with Crippen molar-refractivity contribution < 1.29 is 9.53 Å². The largest absolute Gasteiger partial charge is 0.465 e. The molecule has 1 aromatic rings. The predicted octanol–water partition coefficient (Wildman–Crippen LogP) is 4.23. The lowest BCUT2D eigenvalue weighted by Gasteiger charge is -2.24. The summed E-state index contributed by atoms with van der Waals surface area (Å²) in [5, 5.41) is 3.91. The van der Waals surface area contributed by atoms with E-state index in [2.05, 4.69) is 5.32 Å². The summed E-state index contributed by atoms with van der Waals surface area (Å²) in [5.74, 6) is -0.419. The average molecular weight is 311 g/mol. The zero-order chi connectivity index (χ0) is 15.2. The molecule has 0 saturated heterocycles. The number of nitrogens with two attached hydrogens (primary N) is 1. The Kier molecular flexibility index (Phi) is 5.74. The van der Waals surface area contributed by atoms with Crippen LogP contribution in [0.4, 0.5) is 11.4 Å². The first-order valence-corrected chi connectivity index (χ1v) is 7.93. The van der Waals surface area contributed by atoms with E-state index in [4.69, 9.17) is 22.1 Å². The number of ether oxygens (including phenoxy) is 1. The number of benzene rings is 1. The number of halogens is 1. The van der Waals surface area contributed by atoms with Gasteiger partial charge in [-0.25, -0.2) is 4.79 Å². The molecule has 116 valence electrons. The lowest BCUT2D eigenvalue weighted by molar-refractivity contribution is 0.0602. The van der Waals surface area contributed by atoms with E-state index in [1.54, 1.807) is 12.1 Å². The summed E-state index contributed by atoms with van der Waals surface area (Å²) in [6, 6.07) is 3.62. The number of esters is 1. The minimum atomic E-state index is -0.419. The number of carbonyl (C=O) groups excluding carboxylic acids is 1. The monoisotopic (exact) mass is 310 g/mol. The Morgan fingerprint density at radius 1 is 1.24 bits per heavy atom. The van der Waals surface area contributed by atoms with Crippen molar-refractivity contribution in [3.63, 3.8) is 0 Å². The molecular formula is C16H23ClN2O2. The van der Waals surface area contributed by atoms with E-state index in [-0.39, 0.29) is 0 Å². The first-order chi connectivity index (χ1) is 10.1. The molecule has 0 aliphatic heterocycles. The molecule has 1 saturated carbocycles. The molecule has 1 aromatic carbocycles. The van der Waals surface area contributed by atoms with E-state index in [1.807, 2.05) is 0 Å². The van der Waals surface area contributed by atoms with Crippen molar-refractivity contribution in [2.45, 2.75) is 51.0 Å². The Morgan fingerprint density at radius 3 is 2.48 bits per heavy atom. The Hall–Kier alpha value is -1.42. The molecule has 0 bridgehead atoms. The highest BCUT2D eigenvalue weighted by Gasteiger charge is 2.19. The van der Waals surface area contributed by atoms with Crippen LogP contribution in [0, 0.1) is 0 Å². The van der Waals surface area contributed by atoms with Gasteiger partial charge in [-0.2, -0.15) is 0 Å². The summed E-state index contributed by atoms with van der Waals surface area (Å²) < 4.78 is 4.83. The molecule has 1 fully saturated rings. The van der Waals surface area contributed by atoms with Crippen LogP contribution in [-0.2, 0) is 4.74 Å². The van der Waals surface area contributed by atoms with Gasteiger partial charge in [0.05, 0.1) is 23.4 Å². The van der Waals surface area contributed by atoms with Gasteiger partial charge in [0.15, 0.2) is 0 Å². The van der Waals surface area contributed by atoms with E-state index in [0.29, 0.717) is 28.0 Å². The molecule has 0 heterocycles. The lowest BCUT2D eigenvalue weighted by atomic mass is 9.96. The molecule has 1 aliphatic rings. The third kappa shape index (κ3) is 4.27. The number of hydrogen-bond acceptors (Lipinski definition) is 4. The number of hydrogen-bond donors (Lipinski definition) is 2. The van der Waals surface area contributed by atoms with E-state index in [9.17, 15) is 4.79 Å². The molecule has 5 heteroatoms. The first-order valence-electron chi connectivity index (χ1n) is 7.55. The predicted molar refractivity (Wildman–Crippen MR) is 86.9 cm³/mol. The fraction of sp³-hybridized carbons (Fsp3) is 0.562. The Balaban J connectivity index is 2.22. The zero-order valence-electron chi connectivity index (χ0n) is 12.5. The third-order valence-corrected chi connectivity index (χ3v) is 4.27. The molecule has 0 unspecified atom stereocenters. The van der Waals surface area contributed by atoms with Crippen molar-refractivity contribution in [3.8, 4) is 0 Å². The van der Waals surface area contributed by atoms with Crippen LogP contribution in [0.25, 0.3) is 0 Å². The average Bonchev–Trinajstić information content (AvgIpc) is 2.42. The number of nitrogens with one attached hydrogen (secondary N) is 1. The number of carbonyl (C=O) groups is 1. The first kappa shape index (κ1) is 16.0. The summed E-state index contributed by atoms with van der Waals surface area (Å²) in [4.78, 5) is 11.9. The van der Waals surface area contributed by atoms with Gasteiger partial charge in [0.2, 0.25) is 0 Å². The van der Waals surface area contributed by atoms with E-state index in [1.165, 1.54) is 39.2 Å². The Morgan fingerprint density at radius 2 is 1.86 bits per heavy atom. The van der Waals surface area contributed by atoms with Crippen LogP contribution in [0.3, 0.4) is 0 Å². The van der Waals surface area contributed by atoms with Crippen LogP contribution in [0.5, 0.6) is 0 Å². The number of methoxy groups -OCH3 is 1. The molecule has 3 N–H and O–H groups in total. The maximum absolute atomic E-state index is 11.9. The normalized spacial score (nSPS) is 16.9. The molecule has 2 rings (SSSR count). The summed E-state index contributed by atoms with van der Waals surface area (Å²) >= 11 is 6.28. The van der Waals surface area contributed by atoms with Gasteiger partial charge in [-0.1, -0.05) is 43.7 Å². The second kappa shape index (κ2) is 7.55. The van der Waals surface area contributed by atoms with Crippen LogP contribution >= 0.6 is 11.6 Å². The molecule has 1 aliphatic carbocycles. The Bertz CT molecular complexity index is 497. The van der Waals surface area contributed by atoms with Gasteiger partial charge in [-0.15, -0.1) is 0 Å². The quantitative estimate of drug-likeness (QED) is 0.647. The number of nitrogen functional groups attached to an aromatic ring is 1. The van der Waals surface area contributed by atoms with Gasteiger partial charge in [0.1, 0.15) is 0 Å². The van der Waals surface area contributed by atoms with Gasteiger partial charge in [-0.3, -0.25) is 0 Å². The third-order valence-electron chi connectivity index (χ3n) is 3.97. The highest BCUT2D eigenvalue weighted by atomic mass is 35.5. The van der Waals surface area contributed by atoms with Crippen LogP contribution in [0.15, 0.2) is 12.1 Å². The van der Waals surface area contributed by atoms with Crippen LogP contribution in [0.2, 0.25) is 5.02 Å². The highest BCUT2D eigenvalue weighted by molar-refractivity contribution is 6.34. The minimum Gasteiger partial charge on any atom is -0.465 e. The fourth-order valence-electron chi connectivity index (χ4n) is 2.85. The van der Waals surface area contributed by atoms with Gasteiger partial charge >= 0.3 is 5.97 Å². The van der Waals surface area contributed by atoms with E-state index >= 15 is 0 Å². The fourth-order valence-corrected chi connectivity index (χ4v) is 3.13. The molecule has 21 heavy (non-hydrogen) atoms. The van der Waals surface area contributed by atoms with Crippen LogP contribution in [-0.4, -0.2) is 19.1 Å². The molecular weight excluding hydrogens is 288 g/mol. The van der Waals surface area contributed by atoms with Crippen molar-refractivity contribution in [2.75, 3.05) is 18.2 Å². The van der Waals surface area contributed by atoms with Crippen molar-refractivity contribution in [3.05, 3.63) is 22.7 Å². The van der Waals surface area contributed by atoms with Gasteiger partial charge in [-0.05, 0) is 25.0 Å². The summed E-state index contributed by atoms with van der Waals surface area (Å²) in [6.07, 6.45) is 8.48. The summed E-state index contributed by atoms with van der Waals surface area (Å²) in [5.41, 5.74) is 7.29. The van der Waals surface area contributed by atoms with Gasteiger partial charge < -0.3 is 15.8 Å². The standard InChI is InChI=1S/C16H23ClN2O2/c1-21-16(20)13-9-11(18)10-14(17)15(13)19-12-7-5-3-2-4-6-8-12/h9-10,12,19H,2-8,18H2,1H3. The topological polar surface area (TPSA) is 64.3 Å². The summed E-state index contributed by atoms with van der Waals surface area (Å²) in [7, 11) is 1.36. The molecule has 0 spiro atoms. The van der Waals surface area contributed by atoms with Gasteiger partial charge in [0, 0.05) is 11.7 Å². The molecule has 0 aromatic heterocycles. The number of anilines is 2. The van der Waals surface area contributed by atoms with E-state index in [0.717, 1.165) is 12.8 Å². The van der Waals surface area contributed by atoms with Crippen molar-refractivity contribution in [1.82, 2.24) is 0 Å². The summed E-state index contributed by atoms with van der Waals surface area (Å²) in [6.45, 7) is 0. The van der Waals surface area contributed by atoms with Crippen LogP contribution < -0.4 is 11.1 Å². The molecule has 0 atom stereocenters. The SMILES string of the molecule is COC(=O)c1cc(N)cc(Cl)c1NC1CCCCCCC1. The highest BCUT2D eigenvalue weighted by Crippen LogP contribution is 2.32. The van der Waals surface area contributed by atoms with E-state index < -0.39 is 5.97 Å². The molecule has 0 amide bonds. The van der Waals surface area contributed by atoms with Crippen molar-refractivity contribution >= 4 is 28.9 Å². The maximum Gasteiger partial charge on any atom is 0.340 e. The van der Waals surface area contributed by atoms with Crippen molar-refractivity contribution in [1.29, 1.82) is 0 Å². The molecule has 4 nitrogen and oxygen atoms in total. The second-order valence-corrected chi connectivity index (χ2v) is 6.01. The van der Waals surface area contributed by atoms with Crippen molar-refractivity contribution in [2.24, 2.45) is 0 Å². The Labute approximate surface area is 131 Å². The smallest absolute Gasteiger partial charge is 0.340 e. The lowest BCUT2D eigenvalue weighted by Crippen LogP contribution is -2.22. The second-order valence-electron chi connectivity index (χ2n) is 5.60. The van der Waals surface area contributed by atoms with Crippen LogP contribution in [0.1, 0.15) is 55.3 Å².